The van der Waals surface area contributed by atoms with Crippen LogP contribution in [0.3, 0.4) is 0 Å². The van der Waals surface area contributed by atoms with Crippen molar-refractivity contribution in [2.24, 2.45) is 4.99 Å². The van der Waals surface area contributed by atoms with Gasteiger partial charge in [-0.2, -0.15) is 0 Å². The molecule has 24 heavy (non-hydrogen) atoms. The van der Waals surface area contributed by atoms with Gasteiger partial charge in [0.1, 0.15) is 17.3 Å². The van der Waals surface area contributed by atoms with E-state index in [1.807, 2.05) is 44.9 Å². The first kappa shape index (κ1) is 17.9. The molecule has 0 saturated carbocycles. The summed E-state index contributed by atoms with van der Waals surface area (Å²) in [5.41, 5.74) is 3.39. The SMILES string of the molecule is CCN(C)C=Nc1cc(C)c(N(C)c2c(F)cccc2F)cc1C. The van der Waals surface area contributed by atoms with Crippen LogP contribution in [0, 0.1) is 25.5 Å². The number of rotatable bonds is 5. The molecule has 0 aliphatic carbocycles. The molecule has 0 unspecified atom stereocenters. The molecule has 0 aliphatic heterocycles. The van der Waals surface area contributed by atoms with Gasteiger partial charge in [0, 0.05) is 26.3 Å². The van der Waals surface area contributed by atoms with Gasteiger partial charge >= 0.3 is 0 Å². The van der Waals surface area contributed by atoms with E-state index in [1.54, 1.807) is 18.3 Å². The molecule has 0 heterocycles. The summed E-state index contributed by atoms with van der Waals surface area (Å²) in [5, 5.41) is 0. The molecular formula is C19H23F2N3. The second-order valence-electron chi connectivity index (χ2n) is 5.87. The summed E-state index contributed by atoms with van der Waals surface area (Å²) in [7, 11) is 3.62. The minimum Gasteiger partial charge on any atom is -0.366 e. The van der Waals surface area contributed by atoms with E-state index in [2.05, 4.69) is 4.99 Å². The molecule has 2 rings (SSSR count). The van der Waals surface area contributed by atoms with Crippen molar-refractivity contribution >= 4 is 23.4 Å². The second-order valence-corrected chi connectivity index (χ2v) is 5.87. The van der Waals surface area contributed by atoms with Gasteiger partial charge in [0.25, 0.3) is 0 Å². The molecule has 0 aromatic heterocycles. The van der Waals surface area contributed by atoms with E-state index in [0.29, 0.717) is 0 Å². The quantitative estimate of drug-likeness (QED) is 0.569. The van der Waals surface area contributed by atoms with Crippen LogP contribution in [-0.2, 0) is 0 Å². The fourth-order valence-electron chi connectivity index (χ4n) is 2.46. The van der Waals surface area contributed by atoms with Crippen molar-refractivity contribution in [1.82, 2.24) is 4.90 Å². The molecule has 0 fully saturated rings. The lowest BCUT2D eigenvalue weighted by molar-refractivity contribution is 0.552. The Morgan fingerprint density at radius 3 is 2.25 bits per heavy atom. The van der Waals surface area contributed by atoms with E-state index in [9.17, 15) is 8.78 Å². The summed E-state index contributed by atoms with van der Waals surface area (Å²) < 4.78 is 28.1. The van der Waals surface area contributed by atoms with Crippen LogP contribution in [0.5, 0.6) is 0 Å². The van der Waals surface area contributed by atoms with Crippen LogP contribution in [0.4, 0.5) is 25.8 Å². The normalized spacial score (nSPS) is 11.1. The van der Waals surface area contributed by atoms with E-state index in [1.165, 1.54) is 18.2 Å². The molecule has 128 valence electrons. The molecule has 0 radical (unpaired) electrons. The van der Waals surface area contributed by atoms with Crippen molar-refractivity contribution in [1.29, 1.82) is 0 Å². The maximum Gasteiger partial charge on any atom is 0.149 e. The van der Waals surface area contributed by atoms with Crippen LogP contribution >= 0.6 is 0 Å². The summed E-state index contributed by atoms with van der Waals surface area (Å²) in [6, 6.07) is 7.72. The van der Waals surface area contributed by atoms with Gasteiger partial charge in [0.2, 0.25) is 0 Å². The maximum atomic E-state index is 14.0. The Hall–Kier alpha value is -2.43. The molecule has 0 N–H and O–H groups in total. The first-order valence-electron chi connectivity index (χ1n) is 7.88. The summed E-state index contributed by atoms with van der Waals surface area (Å²) in [6.45, 7) is 6.76. The molecule has 2 aromatic rings. The van der Waals surface area contributed by atoms with Crippen LogP contribution in [0.15, 0.2) is 35.3 Å². The zero-order chi connectivity index (χ0) is 17.9. The fourth-order valence-corrected chi connectivity index (χ4v) is 2.46. The number of anilines is 2. The molecular weight excluding hydrogens is 308 g/mol. The third-order valence-electron chi connectivity index (χ3n) is 4.04. The number of aryl methyl sites for hydroxylation is 2. The third kappa shape index (κ3) is 3.72. The van der Waals surface area contributed by atoms with Crippen LogP contribution in [-0.4, -0.2) is 31.9 Å². The summed E-state index contributed by atoms with van der Waals surface area (Å²) in [4.78, 5) is 8.00. The molecule has 0 atom stereocenters. The Morgan fingerprint density at radius 2 is 1.67 bits per heavy atom. The van der Waals surface area contributed by atoms with Crippen molar-refractivity contribution in [2.45, 2.75) is 20.8 Å². The maximum absolute atomic E-state index is 14.0. The Labute approximate surface area is 142 Å². The highest BCUT2D eigenvalue weighted by atomic mass is 19.1. The van der Waals surface area contributed by atoms with Gasteiger partial charge in [-0.15, -0.1) is 0 Å². The highest BCUT2D eigenvalue weighted by molar-refractivity contribution is 5.72. The average Bonchev–Trinajstić information content (AvgIpc) is 2.54. The van der Waals surface area contributed by atoms with E-state index in [0.717, 1.165) is 29.0 Å². The monoisotopic (exact) mass is 331 g/mol. The zero-order valence-electron chi connectivity index (χ0n) is 14.8. The van der Waals surface area contributed by atoms with Crippen molar-refractivity contribution in [3.63, 3.8) is 0 Å². The minimum atomic E-state index is -0.582. The minimum absolute atomic E-state index is 0.0537. The lowest BCUT2D eigenvalue weighted by Crippen LogP contribution is -2.15. The number of halogens is 2. The van der Waals surface area contributed by atoms with Crippen LogP contribution in [0.2, 0.25) is 0 Å². The van der Waals surface area contributed by atoms with Gasteiger partial charge in [-0.25, -0.2) is 13.8 Å². The number of nitrogens with zero attached hydrogens (tertiary/aromatic N) is 3. The molecule has 2 aromatic carbocycles. The van der Waals surface area contributed by atoms with Crippen molar-refractivity contribution in [3.05, 3.63) is 53.1 Å². The van der Waals surface area contributed by atoms with E-state index >= 15 is 0 Å². The first-order valence-corrected chi connectivity index (χ1v) is 7.88. The Kier molecular flexibility index (Phi) is 5.54. The lowest BCUT2D eigenvalue weighted by atomic mass is 10.1. The summed E-state index contributed by atoms with van der Waals surface area (Å²) in [5.74, 6) is -1.16. The van der Waals surface area contributed by atoms with Crippen molar-refractivity contribution in [2.75, 3.05) is 25.5 Å². The largest absolute Gasteiger partial charge is 0.366 e. The first-order chi connectivity index (χ1) is 11.3. The van der Waals surface area contributed by atoms with Gasteiger partial charge < -0.3 is 9.80 Å². The van der Waals surface area contributed by atoms with Crippen LogP contribution in [0.25, 0.3) is 0 Å². The number of hydrogen-bond donors (Lipinski definition) is 0. The van der Waals surface area contributed by atoms with Crippen LogP contribution < -0.4 is 4.90 Å². The zero-order valence-corrected chi connectivity index (χ0v) is 14.8. The molecule has 3 nitrogen and oxygen atoms in total. The van der Waals surface area contributed by atoms with Crippen molar-refractivity contribution < 1.29 is 8.78 Å². The van der Waals surface area contributed by atoms with E-state index in [4.69, 9.17) is 0 Å². The van der Waals surface area contributed by atoms with Crippen molar-refractivity contribution in [3.8, 4) is 0 Å². The van der Waals surface area contributed by atoms with Gasteiger partial charge in [0.15, 0.2) is 0 Å². The van der Waals surface area contributed by atoms with E-state index in [-0.39, 0.29) is 5.69 Å². The van der Waals surface area contributed by atoms with Gasteiger partial charge in [0.05, 0.1) is 12.0 Å². The smallest absolute Gasteiger partial charge is 0.149 e. The number of aliphatic imine (C=N–C) groups is 1. The summed E-state index contributed by atoms with van der Waals surface area (Å²) in [6.07, 6.45) is 1.78. The standard InChI is InChI=1S/C19H23F2N3/c1-6-23(4)12-22-17-10-14(3)18(11-13(17)2)24(5)19-15(20)8-7-9-16(19)21/h7-12H,6H2,1-5H3. The predicted molar refractivity (Wildman–Crippen MR) is 96.8 cm³/mol. The molecule has 0 bridgehead atoms. The predicted octanol–water partition coefficient (Wildman–Crippen LogP) is 4.96. The molecule has 0 saturated heterocycles. The second kappa shape index (κ2) is 7.43. The molecule has 0 amide bonds. The van der Waals surface area contributed by atoms with E-state index < -0.39 is 11.6 Å². The number of para-hydroxylation sites is 1. The lowest BCUT2D eigenvalue weighted by Gasteiger charge is -2.23. The Bertz CT molecular complexity index is 736. The molecule has 5 heteroatoms. The molecule has 0 aliphatic rings. The summed E-state index contributed by atoms with van der Waals surface area (Å²) >= 11 is 0. The fraction of sp³-hybridized carbons (Fsp3) is 0.316. The van der Waals surface area contributed by atoms with Gasteiger partial charge in [-0.1, -0.05) is 6.07 Å². The topological polar surface area (TPSA) is 18.8 Å². The third-order valence-corrected chi connectivity index (χ3v) is 4.04. The average molecular weight is 331 g/mol. The molecule has 0 spiro atoms. The highest BCUT2D eigenvalue weighted by Crippen LogP contribution is 2.34. The Morgan fingerprint density at radius 1 is 1.04 bits per heavy atom. The van der Waals surface area contributed by atoms with Gasteiger partial charge in [-0.3, -0.25) is 0 Å². The number of hydrogen-bond acceptors (Lipinski definition) is 2. The Balaban J connectivity index is 2.42. The van der Waals surface area contributed by atoms with Gasteiger partial charge in [-0.05, 0) is 56.2 Å². The number of benzene rings is 2. The van der Waals surface area contributed by atoms with Crippen LogP contribution in [0.1, 0.15) is 18.1 Å². The highest BCUT2D eigenvalue weighted by Gasteiger charge is 2.17.